The molecule has 2 nitrogen and oxygen atoms in total. The summed E-state index contributed by atoms with van der Waals surface area (Å²) in [6, 6.07) is 0.286. The molecular weight excluding hydrogens is 140 g/mol. The lowest BCUT2D eigenvalue weighted by molar-refractivity contribution is -0.0354. The van der Waals surface area contributed by atoms with Gasteiger partial charge in [-0.25, -0.2) is 0 Å². The summed E-state index contributed by atoms with van der Waals surface area (Å²) in [5, 5.41) is 0. The highest BCUT2D eigenvalue weighted by molar-refractivity contribution is 6.17. The molecule has 1 atom stereocenters. The van der Waals surface area contributed by atoms with Crippen molar-refractivity contribution in [3.8, 4) is 0 Å². The number of hydrogen-bond donors (Lipinski definition) is 0. The van der Waals surface area contributed by atoms with E-state index in [1.807, 2.05) is 0 Å². The van der Waals surface area contributed by atoms with Gasteiger partial charge in [0.2, 0.25) is 0 Å². The van der Waals surface area contributed by atoms with Crippen LogP contribution in [-0.2, 0) is 9.47 Å². The quantitative estimate of drug-likeness (QED) is 0.554. The maximum atomic E-state index is 5.36. The first-order chi connectivity index (χ1) is 4.43. The molecule has 0 aliphatic carbocycles. The number of ether oxygens (including phenoxy) is 2. The van der Waals surface area contributed by atoms with Crippen LogP contribution in [0.5, 0.6) is 0 Å². The van der Waals surface area contributed by atoms with E-state index in [9.17, 15) is 0 Å². The van der Waals surface area contributed by atoms with E-state index in [1.54, 1.807) is 0 Å². The van der Waals surface area contributed by atoms with E-state index in [4.69, 9.17) is 21.1 Å². The average molecular weight is 151 g/mol. The smallest absolute Gasteiger partial charge is 0.121 e. The average Bonchev–Trinajstić information content (AvgIpc) is 1.91. The van der Waals surface area contributed by atoms with Crippen LogP contribution in [0.1, 0.15) is 12.8 Å². The van der Waals surface area contributed by atoms with E-state index >= 15 is 0 Å². The molecule has 0 radical (unpaired) electrons. The predicted octanol–water partition coefficient (Wildman–Crippen LogP) is 1.38. The van der Waals surface area contributed by atoms with Crippen LogP contribution in [0.3, 0.4) is 0 Å². The molecule has 1 fully saturated rings. The maximum absolute atomic E-state index is 5.36. The van der Waals surface area contributed by atoms with E-state index in [1.165, 1.54) is 0 Å². The first kappa shape index (κ1) is 7.32. The molecule has 1 saturated heterocycles. The molecule has 54 valence electrons. The molecule has 0 spiro atoms. The minimum atomic E-state index is 0.247. The number of rotatable bonds is 2. The molecule has 9 heavy (non-hydrogen) atoms. The second kappa shape index (κ2) is 4.09. The Balaban J connectivity index is 2.08. The lowest BCUT2D eigenvalue weighted by Gasteiger charge is -2.20. The summed E-state index contributed by atoms with van der Waals surface area (Å²) in [7, 11) is 0. The Labute approximate surface area is 60.1 Å². The molecule has 0 amide bonds. The SMILES string of the molecule is ClCOC1CCCOC1. The van der Waals surface area contributed by atoms with Gasteiger partial charge in [-0.15, -0.1) is 0 Å². The number of hydrogen-bond acceptors (Lipinski definition) is 2. The van der Waals surface area contributed by atoms with Crippen LogP contribution in [0.15, 0.2) is 0 Å². The zero-order chi connectivity index (χ0) is 6.53. The van der Waals surface area contributed by atoms with Crippen LogP contribution >= 0.6 is 11.6 Å². The normalized spacial score (nSPS) is 28.3. The van der Waals surface area contributed by atoms with Gasteiger partial charge in [0.15, 0.2) is 0 Å². The highest BCUT2D eigenvalue weighted by Crippen LogP contribution is 2.09. The third-order valence-electron chi connectivity index (χ3n) is 1.42. The maximum Gasteiger partial charge on any atom is 0.121 e. The lowest BCUT2D eigenvalue weighted by Crippen LogP contribution is -2.24. The predicted molar refractivity (Wildman–Crippen MR) is 35.6 cm³/mol. The van der Waals surface area contributed by atoms with Crippen molar-refractivity contribution in [2.75, 3.05) is 19.3 Å². The molecule has 0 N–H and O–H groups in total. The van der Waals surface area contributed by atoms with Gasteiger partial charge in [-0.1, -0.05) is 11.6 Å². The molecule has 0 aromatic rings. The van der Waals surface area contributed by atoms with Gasteiger partial charge in [-0.2, -0.15) is 0 Å². The standard InChI is InChI=1S/C6H11ClO2/c7-5-9-6-2-1-3-8-4-6/h6H,1-5H2. The molecule has 0 aromatic heterocycles. The van der Waals surface area contributed by atoms with Crippen molar-refractivity contribution in [1.29, 1.82) is 0 Å². The van der Waals surface area contributed by atoms with E-state index in [-0.39, 0.29) is 12.2 Å². The Morgan fingerprint density at radius 2 is 2.56 bits per heavy atom. The third kappa shape index (κ3) is 2.52. The van der Waals surface area contributed by atoms with Gasteiger partial charge in [-0.3, -0.25) is 0 Å². The minimum Gasteiger partial charge on any atom is -0.379 e. The van der Waals surface area contributed by atoms with Crippen LogP contribution in [0.4, 0.5) is 0 Å². The summed E-state index contributed by atoms with van der Waals surface area (Å²) in [6.45, 7) is 1.59. The zero-order valence-electron chi connectivity index (χ0n) is 5.31. The highest BCUT2D eigenvalue weighted by atomic mass is 35.5. The fraction of sp³-hybridized carbons (Fsp3) is 1.00. The van der Waals surface area contributed by atoms with Crippen LogP contribution in [0, 0.1) is 0 Å². The molecule has 3 heteroatoms. The highest BCUT2D eigenvalue weighted by Gasteiger charge is 2.12. The Bertz CT molecular complexity index is 68.7. The monoisotopic (exact) mass is 150 g/mol. The van der Waals surface area contributed by atoms with Crippen LogP contribution in [-0.4, -0.2) is 25.4 Å². The molecule has 1 rings (SSSR count). The summed E-state index contributed by atoms with van der Waals surface area (Å²) in [6.07, 6.45) is 2.44. The van der Waals surface area contributed by atoms with Gasteiger partial charge < -0.3 is 9.47 Å². The van der Waals surface area contributed by atoms with Gasteiger partial charge in [0.1, 0.15) is 6.07 Å². The van der Waals surface area contributed by atoms with Crippen molar-refractivity contribution in [2.24, 2.45) is 0 Å². The van der Waals surface area contributed by atoms with Crippen LogP contribution in [0.2, 0.25) is 0 Å². The molecule has 1 aliphatic rings. The molecule has 1 aliphatic heterocycles. The van der Waals surface area contributed by atoms with E-state index in [2.05, 4.69) is 0 Å². The summed E-state index contributed by atoms with van der Waals surface area (Å²) in [4.78, 5) is 0. The van der Waals surface area contributed by atoms with Crippen molar-refractivity contribution in [3.63, 3.8) is 0 Å². The molecule has 0 bridgehead atoms. The van der Waals surface area contributed by atoms with Crippen LogP contribution in [0.25, 0.3) is 0 Å². The zero-order valence-corrected chi connectivity index (χ0v) is 6.06. The van der Waals surface area contributed by atoms with Gasteiger partial charge in [-0.05, 0) is 12.8 Å². The van der Waals surface area contributed by atoms with E-state index < -0.39 is 0 Å². The van der Waals surface area contributed by atoms with Crippen molar-refractivity contribution >= 4 is 11.6 Å². The Morgan fingerprint density at radius 3 is 3.11 bits per heavy atom. The Kier molecular flexibility index (Phi) is 3.33. The summed E-state index contributed by atoms with van der Waals surface area (Å²) >= 11 is 5.36. The fourth-order valence-electron chi connectivity index (χ4n) is 0.932. The first-order valence-corrected chi connectivity index (χ1v) is 3.72. The number of alkyl halides is 1. The van der Waals surface area contributed by atoms with Crippen LogP contribution < -0.4 is 0 Å². The van der Waals surface area contributed by atoms with Crippen molar-refractivity contribution in [1.82, 2.24) is 0 Å². The van der Waals surface area contributed by atoms with Gasteiger partial charge >= 0.3 is 0 Å². The van der Waals surface area contributed by atoms with Crippen molar-refractivity contribution in [3.05, 3.63) is 0 Å². The van der Waals surface area contributed by atoms with Crippen molar-refractivity contribution < 1.29 is 9.47 Å². The minimum absolute atomic E-state index is 0.247. The van der Waals surface area contributed by atoms with Gasteiger partial charge in [0.25, 0.3) is 0 Å². The largest absolute Gasteiger partial charge is 0.379 e. The Morgan fingerprint density at radius 1 is 1.67 bits per heavy atom. The number of halogens is 1. The summed E-state index contributed by atoms with van der Waals surface area (Å²) in [5.74, 6) is 0. The second-order valence-electron chi connectivity index (χ2n) is 2.11. The fourth-order valence-corrected chi connectivity index (χ4v) is 1.11. The Hall–Kier alpha value is 0.210. The molecule has 0 saturated carbocycles. The topological polar surface area (TPSA) is 18.5 Å². The van der Waals surface area contributed by atoms with E-state index in [0.717, 1.165) is 19.4 Å². The molecule has 0 aromatic carbocycles. The lowest BCUT2D eigenvalue weighted by atomic mass is 10.2. The molecule has 1 unspecified atom stereocenters. The van der Waals surface area contributed by atoms with E-state index in [0.29, 0.717) is 6.61 Å². The molecular formula is C6H11ClO2. The molecule has 1 heterocycles. The first-order valence-electron chi connectivity index (χ1n) is 3.19. The van der Waals surface area contributed by atoms with Gasteiger partial charge in [0.05, 0.1) is 12.7 Å². The summed E-state index contributed by atoms with van der Waals surface area (Å²) < 4.78 is 10.3. The third-order valence-corrected chi connectivity index (χ3v) is 1.54. The van der Waals surface area contributed by atoms with Crippen molar-refractivity contribution in [2.45, 2.75) is 18.9 Å². The van der Waals surface area contributed by atoms with Gasteiger partial charge in [0, 0.05) is 6.61 Å². The summed E-state index contributed by atoms with van der Waals surface area (Å²) in [5.41, 5.74) is 0. The second-order valence-corrected chi connectivity index (χ2v) is 2.33.